The first-order valence-electron chi connectivity index (χ1n) is 8.32. The second kappa shape index (κ2) is 10.0. The number of rotatable bonds is 7. The summed E-state index contributed by atoms with van der Waals surface area (Å²) in [5.74, 6) is 1.58. The quantitative estimate of drug-likeness (QED) is 0.428. The van der Waals surface area contributed by atoms with Gasteiger partial charge in [0.1, 0.15) is 0 Å². The van der Waals surface area contributed by atoms with Crippen molar-refractivity contribution in [2.24, 2.45) is 10.9 Å². The summed E-state index contributed by atoms with van der Waals surface area (Å²) in [6, 6.07) is 0.789. The molecule has 0 radical (unpaired) electrons. The van der Waals surface area contributed by atoms with Gasteiger partial charge in [0, 0.05) is 26.2 Å². The minimum Gasteiger partial charge on any atom is -0.356 e. The van der Waals surface area contributed by atoms with Gasteiger partial charge < -0.3 is 15.5 Å². The van der Waals surface area contributed by atoms with E-state index in [4.69, 9.17) is 0 Å². The molecule has 1 atom stereocenters. The summed E-state index contributed by atoms with van der Waals surface area (Å²) < 4.78 is 0. The molecule has 1 rings (SSSR count). The Balaban J connectivity index is 2.05. The van der Waals surface area contributed by atoms with E-state index in [1.807, 2.05) is 7.05 Å². The van der Waals surface area contributed by atoms with Crippen LogP contribution < -0.4 is 10.6 Å². The van der Waals surface area contributed by atoms with Crippen LogP contribution in [0.4, 0.5) is 0 Å². The molecule has 0 spiro atoms. The van der Waals surface area contributed by atoms with Crippen molar-refractivity contribution in [3.05, 3.63) is 0 Å². The van der Waals surface area contributed by atoms with E-state index in [0.29, 0.717) is 5.92 Å². The van der Waals surface area contributed by atoms with Crippen molar-refractivity contribution in [1.82, 2.24) is 15.5 Å². The number of aliphatic imine (C=N–C) groups is 1. The topological polar surface area (TPSA) is 39.7 Å². The molecule has 4 heteroatoms. The van der Waals surface area contributed by atoms with Gasteiger partial charge in [-0.1, -0.05) is 20.3 Å². The SMILES string of the molecule is CN=C(NCCCCN1CCCCC1C)NCC(C)C. The summed E-state index contributed by atoms with van der Waals surface area (Å²) >= 11 is 0. The Morgan fingerprint density at radius 2 is 2.05 bits per heavy atom. The first-order valence-corrected chi connectivity index (χ1v) is 8.32. The second-order valence-corrected chi connectivity index (χ2v) is 6.36. The van der Waals surface area contributed by atoms with Gasteiger partial charge in [-0.15, -0.1) is 0 Å². The molecule has 0 bridgehead atoms. The summed E-state index contributed by atoms with van der Waals surface area (Å²) in [4.78, 5) is 6.89. The van der Waals surface area contributed by atoms with Gasteiger partial charge in [-0.25, -0.2) is 0 Å². The van der Waals surface area contributed by atoms with E-state index in [-0.39, 0.29) is 0 Å². The van der Waals surface area contributed by atoms with Gasteiger partial charge in [-0.3, -0.25) is 4.99 Å². The van der Waals surface area contributed by atoms with E-state index < -0.39 is 0 Å². The maximum atomic E-state index is 4.24. The highest BCUT2D eigenvalue weighted by molar-refractivity contribution is 5.79. The molecule has 1 aliphatic heterocycles. The Bertz CT molecular complexity index is 276. The second-order valence-electron chi connectivity index (χ2n) is 6.36. The van der Waals surface area contributed by atoms with Crippen molar-refractivity contribution < 1.29 is 0 Å². The number of nitrogens with zero attached hydrogens (tertiary/aromatic N) is 2. The van der Waals surface area contributed by atoms with Crippen molar-refractivity contribution in [2.45, 2.75) is 58.9 Å². The number of likely N-dealkylation sites (tertiary alicyclic amines) is 1. The minimum atomic E-state index is 0.647. The Hall–Kier alpha value is -0.770. The highest BCUT2D eigenvalue weighted by Crippen LogP contribution is 2.16. The van der Waals surface area contributed by atoms with Gasteiger partial charge in [0.15, 0.2) is 5.96 Å². The lowest BCUT2D eigenvalue weighted by atomic mass is 10.0. The minimum absolute atomic E-state index is 0.647. The highest BCUT2D eigenvalue weighted by Gasteiger charge is 2.16. The van der Waals surface area contributed by atoms with Crippen LogP contribution in [0.3, 0.4) is 0 Å². The number of hydrogen-bond donors (Lipinski definition) is 2. The number of guanidine groups is 1. The number of hydrogen-bond acceptors (Lipinski definition) is 2. The van der Waals surface area contributed by atoms with Crippen LogP contribution in [0.5, 0.6) is 0 Å². The lowest BCUT2D eigenvalue weighted by Crippen LogP contribution is -2.40. The molecule has 0 aromatic carbocycles. The summed E-state index contributed by atoms with van der Waals surface area (Å²) in [6.45, 7) is 11.3. The average molecular weight is 282 g/mol. The van der Waals surface area contributed by atoms with Crippen LogP contribution in [-0.4, -0.2) is 50.1 Å². The number of piperidine rings is 1. The zero-order chi connectivity index (χ0) is 14.8. The molecule has 20 heavy (non-hydrogen) atoms. The third-order valence-electron chi connectivity index (χ3n) is 4.01. The molecule has 1 fully saturated rings. The summed E-state index contributed by atoms with van der Waals surface area (Å²) in [7, 11) is 1.84. The van der Waals surface area contributed by atoms with Crippen LogP contribution in [0.2, 0.25) is 0 Å². The monoisotopic (exact) mass is 282 g/mol. The van der Waals surface area contributed by atoms with Gasteiger partial charge in [-0.05, 0) is 51.6 Å². The van der Waals surface area contributed by atoms with Gasteiger partial charge in [-0.2, -0.15) is 0 Å². The Labute approximate surface area is 125 Å². The van der Waals surface area contributed by atoms with E-state index in [2.05, 4.69) is 41.3 Å². The van der Waals surface area contributed by atoms with Gasteiger partial charge in [0.25, 0.3) is 0 Å². The smallest absolute Gasteiger partial charge is 0.190 e. The highest BCUT2D eigenvalue weighted by atomic mass is 15.2. The van der Waals surface area contributed by atoms with E-state index >= 15 is 0 Å². The normalized spacial score (nSPS) is 21.2. The first-order chi connectivity index (χ1) is 9.63. The molecule has 1 saturated heterocycles. The summed E-state index contributed by atoms with van der Waals surface area (Å²) in [5.41, 5.74) is 0. The molecule has 2 N–H and O–H groups in total. The molecular weight excluding hydrogens is 248 g/mol. The predicted octanol–water partition coefficient (Wildman–Crippen LogP) is 2.46. The van der Waals surface area contributed by atoms with Crippen molar-refractivity contribution in [3.63, 3.8) is 0 Å². The van der Waals surface area contributed by atoms with Gasteiger partial charge >= 0.3 is 0 Å². The number of nitrogens with one attached hydrogen (secondary N) is 2. The van der Waals surface area contributed by atoms with E-state index in [0.717, 1.165) is 25.1 Å². The Morgan fingerprint density at radius 3 is 2.70 bits per heavy atom. The van der Waals surface area contributed by atoms with Crippen LogP contribution in [0.1, 0.15) is 52.9 Å². The first kappa shape index (κ1) is 17.3. The van der Waals surface area contributed by atoms with Crippen molar-refractivity contribution in [3.8, 4) is 0 Å². The van der Waals surface area contributed by atoms with Gasteiger partial charge in [0.05, 0.1) is 0 Å². The largest absolute Gasteiger partial charge is 0.356 e. The van der Waals surface area contributed by atoms with E-state index in [9.17, 15) is 0 Å². The van der Waals surface area contributed by atoms with Crippen molar-refractivity contribution in [1.29, 1.82) is 0 Å². The number of unbranched alkanes of at least 4 members (excludes halogenated alkanes) is 1. The van der Waals surface area contributed by atoms with Gasteiger partial charge in [0.2, 0.25) is 0 Å². The molecule has 1 aliphatic rings. The zero-order valence-electron chi connectivity index (χ0n) is 13.9. The standard InChI is InChI=1S/C16H34N4/c1-14(2)13-19-16(17-4)18-10-6-8-12-20-11-7-5-9-15(20)3/h14-15H,5-13H2,1-4H3,(H2,17,18,19). The molecule has 1 heterocycles. The molecule has 1 unspecified atom stereocenters. The predicted molar refractivity (Wildman–Crippen MR) is 88.3 cm³/mol. The lowest BCUT2D eigenvalue weighted by Gasteiger charge is -2.33. The third kappa shape index (κ3) is 7.13. The molecular formula is C16H34N4. The maximum Gasteiger partial charge on any atom is 0.190 e. The molecule has 0 aliphatic carbocycles. The Morgan fingerprint density at radius 1 is 1.25 bits per heavy atom. The fraction of sp³-hybridized carbons (Fsp3) is 0.938. The van der Waals surface area contributed by atoms with Crippen LogP contribution >= 0.6 is 0 Å². The fourth-order valence-corrected chi connectivity index (χ4v) is 2.66. The van der Waals surface area contributed by atoms with Crippen molar-refractivity contribution in [2.75, 3.05) is 33.2 Å². The molecule has 0 aromatic heterocycles. The van der Waals surface area contributed by atoms with Crippen LogP contribution in [0.15, 0.2) is 4.99 Å². The summed E-state index contributed by atoms with van der Waals surface area (Å²) in [5, 5.41) is 6.74. The van der Waals surface area contributed by atoms with Crippen LogP contribution in [0.25, 0.3) is 0 Å². The van der Waals surface area contributed by atoms with Crippen LogP contribution in [-0.2, 0) is 0 Å². The maximum absolute atomic E-state index is 4.24. The fourth-order valence-electron chi connectivity index (χ4n) is 2.66. The van der Waals surface area contributed by atoms with E-state index in [1.165, 1.54) is 45.2 Å². The summed E-state index contributed by atoms with van der Waals surface area (Å²) in [6.07, 6.45) is 6.67. The molecule has 4 nitrogen and oxygen atoms in total. The third-order valence-corrected chi connectivity index (χ3v) is 4.01. The van der Waals surface area contributed by atoms with Crippen LogP contribution in [0, 0.1) is 5.92 Å². The molecule has 118 valence electrons. The molecule has 0 saturated carbocycles. The molecule has 0 aromatic rings. The van der Waals surface area contributed by atoms with Crippen molar-refractivity contribution >= 4 is 5.96 Å². The zero-order valence-corrected chi connectivity index (χ0v) is 13.9. The van der Waals surface area contributed by atoms with E-state index in [1.54, 1.807) is 0 Å². The Kier molecular flexibility index (Phi) is 8.67. The molecule has 0 amide bonds. The lowest BCUT2D eigenvalue weighted by molar-refractivity contribution is 0.158. The average Bonchev–Trinajstić information content (AvgIpc) is 2.43.